The molecule has 0 spiro atoms. The van der Waals surface area contributed by atoms with Crippen LogP contribution in [0.4, 0.5) is 0 Å². The minimum Gasteiger partial charge on any atom is -0.508 e. The molecule has 1 aromatic carbocycles. The van der Waals surface area contributed by atoms with Crippen LogP contribution in [0.1, 0.15) is 18.4 Å². The number of nitrogens with one attached hydrogen (secondary N) is 1. The molecular formula is C16H20N2O2. The van der Waals surface area contributed by atoms with Crippen LogP contribution in [0.3, 0.4) is 0 Å². The van der Waals surface area contributed by atoms with Gasteiger partial charge < -0.3 is 15.3 Å². The van der Waals surface area contributed by atoms with E-state index >= 15 is 0 Å². The SMILES string of the molecule is O=C(C=Cc1ccc(O)cc1)NC1CN2CCC1CC2. The van der Waals surface area contributed by atoms with Crippen LogP contribution in [-0.2, 0) is 4.79 Å². The lowest BCUT2D eigenvalue weighted by atomic mass is 9.84. The molecule has 3 aliphatic rings. The van der Waals surface area contributed by atoms with Crippen LogP contribution in [-0.4, -0.2) is 41.6 Å². The van der Waals surface area contributed by atoms with Crippen molar-refractivity contribution in [1.29, 1.82) is 0 Å². The predicted octanol–water partition coefficient (Wildman–Crippen LogP) is 1.62. The molecule has 20 heavy (non-hydrogen) atoms. The number of carbonyl (C=O) groups is 1. The molecule has 0 aromatic heterocycles. The Labute approximate surface area is 119 Å². The maximum absolute atomic E-state index is 12.0. The summed E-state index contributed by atoms with van der Waals surface area (Å²) in [5.41, 5.74) is 0.909. The van der Waals surface area contributed by atoms with E-state index < -0.39 is 0 Å². The summed E-state index contributed by atoms with van der Waals surface area (Å²) in [6, 6.07) is 7.10. The molecule has 3 fully saturated rings. The molecule has 4 heteroatoms. The Balaban J connectivity index is 1.55. The standard InChI is InChI=1S/C16H20N2O2/c19-14-4-1-12(2-5-14)3-6-16(20)17-15-11-18-9-7-13(15)8-10-18/h1-6,13,15,19H,7-11H2,(H,17,20). The number of hydrogen-bond acceptors (Lipinski definition) is 3. The number of phenols is 1. The topological polar surface area (TPSA) is 52.6 Å². The summed E-state index contributed by atoms with van der Waals surface area (Å²) in [5, 5.41) is 12.3. The Kier molecular flexibility index (Phi) is 3.74. The number of nitrogens with zero attached hydrogens (tertiary/aromatic N) is 1. The van der Waals surface area contributed by atoms with Gasteiger partial charge in [0.05, 0.1) is 0 Å². The van der Waals surface area contributed by atoms with Crippen molar-refractivity contribution in [2.45, 2.75) is 18.9 Å². The minimum absolute atomic E-state index is 0.0307. The third kappa shape index (κ3) is 3.02. The van der Waals surface area contributed by atoms with Crippen molar-refractivity contribution in [1.82, 2.24) is 10.2 Å². The first-order valence-corrected chi connectivity index (χ1v) is 7.21. The normalized spacial score (nSPS) is 28.7. The second-order valence-corrected chi connectivity index (χ2v) is 5.68. The van der Waals surface area contributed by atoms with Crippen molar-refractivity contribution in [2.24, 2.45) is 5.92 Å². The lowest BCUT2D eigenvalue weighted by Crippen LogP contribution is -2.57. The first-order valence-electron chi connectivity index (χ1n) is 7.21. The molecule has 4 nitrogen and oxygen atoms in total. The van der Waals surface area contributed by atoms with Gasteiger partial charge in [-0.1, -0.05) is 12.1 Å². The third-order valence-electron chi connectivity index (χ3n) is 4.30. The van der Waals surface area contributed by atoms with E-state index in [1.54, 1.807) is 36.4 Å². The molecule has 2 bridgehead atoms. The molecule has 3 heterocycles. The van der Waals surface area contributed by atoms with E-state index in [4.69, 9.17) is 0 Å². The quantitative estimate of drug-likeness (QED) is 0.822. The smallest absolute Gasteiger partial charge is 0.244 e. The largest absolute Gasteiger partial charge is 0.508 e. The Morgan fingerprint density at radius 2 is 1.95 bits per heavy atom. The van der Waals surface area contributed by atoms with Gasteiger partial charge in [-0.15, -0.1) is 0 Å². The van der Waals surface area contributed by atoms with Crippen molar-refractivity contribution in [2.75, 3.05) is 19.6 Å². The number of hydrogen-bond donors (Lipinski definition) is 2. The maximum Gasteiger partial charge on any atom is 0.244 e. The number of benzene rings is 1. The van der Waals surface area contributed by atoms with Gasteiger partial charge in [-0.2, -0.15) is 0 Å². The number of amides is 1. The highest BCUT2D eigenvalue weighted by atomic mass is 16.3. The molecule has 2 N–H and O–H groups in total. The van der Waals surface area contributed by atoms with E-state index in [1.165, 1.54) is 25.9 Å². The van der Waals surface area contributed by atoms with Crippen molar-refractivity contribution in [3.8, 4) is 5.75 Å². The molecule has 1 amide bonds. The lowest BCUT2D eigenvalue weighted by molar-refractivity contribution is -0.118. The fourth-order valence-electron chi connectivity index (χ4n) is 3.12. The summed E-state index contributed by atoms with van der Waals surface area (Å²) in [4.78, 5) is 14.4. The zero-order valence-corrected chi connectivity index (χ0v) is 11.5. The minimum atomic E-state index is -0.0307. The Morgan fingerprint density at radius 3 is 2.55 bits per heavy atom. The fourth-order valence-corrected chi connectivity index (χ4v) is 3.12. The number of fused-ring (bicyclic) bond motifs is 3. The van der Waals surface area contributed by atoms with E-state index in [0.29, 0.717) is 12.0 Å². The predicted molar refractivity (Wildman–Crippen MR) is 78.2 cm³/mol. The van der Waals surface area contributed by atoms with Gasteiger partial charge in [0.15, 0.2) is 0 Å². The van der Waals surface area contributed by atoms with E-state index in [1.807, 2.05) is 0 Å². The van der Waals surface area contributed by atoms with Crippen LogP contribution in [0.25, 0.3) is 6.08 Å². The van der Waals surface area contributed by atoms with Crippen molar-refractivity contribution in [3.05, 3.63) is 35.9 Å². The first kappa shape index (κ1) is 13.2. The summed E-state index contributed by atoms with van der Waals surface area (Å²) in [7, 11) is 0. The zero-order chi connectivity index (χ0) is 13.9. The molecule has 3 saturated heterocycles. The molecule has 0 radical (unpaired) electrons. The summed E-state index contributed by atoms with van der Waals surface area (Å²) in [6.07, 6.45) is 5.75. The molecule has 106 valence electrons. The van der Waals surface area contributed by atoms with Gasteiger partial charge in [-0.3, -0.25) is 4.79 Å². The van der Waals surface area contributed by atoms with Gasteiger partial charge >= 0.3 is 0 Å². The van der Waals surface area contributed by atoms with Gasteiger partial charge in [-0.25, -0.2) is 0 Å². The van der Waals surface area contributed by atoms with Crippen LogP contribution in [0.2, 0.25) is 0 Å². The van der Waals surface area contributed by atoms with Crippen molar-refractivity contribution < 1.29 is 9.90 Å². The first-order chi connectivity index (χ1) is 9.70. The monoisotopic (exact) mass is 272 g/mol. The number of aromatic hydroxyl groups is 1. The van der Waals surface area contributed by atoms with Crippen molar-refractivity contribution >= 4 is 12.0 Å². The fraction of sp³-hybridized carbons (Fsp3) is 0.438. The molecule has 1 unspecified atom stereocenters. The highest BCUT2D eigenvalue weighted by Gasteiger charge is 2.34. The van der Waals surface area contributed by atoms with Crippen LogP contribution in [0, 0.1) is 5.92 Å². The molecule has 1 atom stereocenters. The molecule has 0 saturated carbocycles. The summed E-state index contributed by atoms with van der Waals surface area (Å²) in [6.45, 7) is 3.35. The summed E-state index contributed by atoms with van der Waals surface area (Å²) >= 11 is 0. The maximum atomic E-state index is 12.0. The highest BCUT2D eigenvalue weighted by molar-refractivity contribution is 5.91. The number of rotatable bonds is 3. The van der Waals surface area contributed by atoms with E-state index in [2.05, 4.69) is 10.2 Å². The molecule has 4 rings (SSSR count). The Morgan fingerprint density at radius 1 is 1.25 bits per heavy atom. The van der Waals surface area contributed by atoms with E-state index in [-0.39, 0.29) is 11.7 Å². The average Bonchev–Trinajstić information content (AvgIpc) is 2.48. The van der Waals surface area contributed by atoms with Crippen molar-refractivity contribution in [3.63, 3.8) is 0 Å². The van der Waals surface area contributed by atoms with Gasteiger partial charge in [0, 0.05) is 18.7 Å². The van der Waals surface area contributed by atoms with Crippen LogP contribution in [0.5, 0.6) is 5.75 Å². The number of carbonyl (C=O) groups excluding carboxylic acids is 1. The highest BCUT2D eigenvalue weighted by Crippen LogP contribution is 2.27. The second-order valence-electron chi connectivity index (χ2n) is 5.68. The average molecular weight is 272 g/mol. The van der Waals surface area contributed by atoms with Gasteiger partial charge in [0.2, 0.25) is 5.91 Å². The molecular weight excluding hydrogens is 252 g/mol. The number of piperidine rings is 3. The molecule has 3 aliphatic heterocycles. The van der Waals surface area contributed by atoms with Crippen LogP contribution < -0.4 is 5.32 Å². The zero-order valence-electron chi connectivity index (χ0n) is 11.5. The Bertz CT molecular complexity index is 502. The third-order valence-corrected chi connectivity index (χ3v) is 4.30. The van der Waals surface area contributed by atoms with Gasteiger partial charge in [0.25, 0.3) is 0 Å². The van der Waals surface area contributed by atoms with Gasteiger partial charge in [-0.05, 0) is 55.6 Å². The molecule has 0 aliphatic carbocycles. The Hall–Kier alpha value is -1.81. The number of phenolic OH excluding ortho intramolecular Hbond substituents is 1. The second kappa shape index (κ2) is 5.67. The van der Waals surface area contributed by atoms with Crippen LogP contribution in [0.15, 0.2) is 30.3 Å². The lowest BCUT2D eigenvalue weighted by Gasteiger charge is -2.44. The summed E-state index contributed by atoms with van der Waals surface area (Å²) in [5.74, 6) is 0.849. The van der Waals surface area contributed by atoms with Gasteiger partial charge in [0.1, 0.15) is 5.75 Å². The van der Waals surface area contributed by atoms with E-state index in [9.17, 15) is 9.90 Å². The summed E-state index contributed by atoms with van der Waals surface area (Å²) < 4.78 is 0. The van der Waals surface area contributed by atoms with E-state index in [0.717, 1.165) is 12.1 Å². The van der Waals surface area contributed by atoms with Crippen LogP contribution >= 0.6 is 0 Å². The molecule has 1 aromatic rings.